The van der Waals surface area contributed by atoms with Crippen LogP contribution >= 0.6 is 0 Å². The molecule has 6 heteroatoms. The number of hydrogen-bond donors (Lipinski definition) is 2. The molecule has 0 saturated carbocycles. The predicted molar refractivity (Wildman–Crippen MR) is 76.1 cm³/mol. The zero-order chi connectivity index (χ0) is 14.8. The number of nitrogens with one attached hydrogen (secondary N) is 2. The molecule has 0 bridgehead atoms. The average Bonchev–Trinajstić information content (AvgIpc) is 2.96. The van der Waals surface area contributed by atoms with Gasteiger partial charge in [-0.05, 0) is 32.4 Å². The molecule has 0 saturated heterocycles. The predicted octanol–water partition coefficient (Wildman–Crippen LogP) is 1.73. The van der Waals surface area contributed by atoms with Gasteiger partial charge in [0.15, 0.2) is 0 Å². The molecule has 1 heterocycles. The second-order valence-corrected chi connectivity index (χ2v) is 4.36. The minimum absolute atomic E-state index is 0.132. The summed E-state index contributed by atoms with van der Waals surface area (Å²) in [5.41, 5.74) is 0. The highest BCUT2D eigenvalue weighted by Gasteiger charge is 2.09. The SMILES string of the molecule is CCN(CC)C(=O)CCCNC(=O)NCc1ccco1. The Morgan fingerprint density at radius 1 is 1.25 bits per heavy atom. The van der Waals surface area contributed by atoms with Crippen LogP contribution in [0.1, 0.15) is 32.4 Å². The van der Waals surface area contributed by atoms with Gasteiger partial charge in [-0.3, -0.25) is 4.79 Å². The first-order chi connectivity index (χ1) is 9.67. The summed E-state index contributed by atoms with van der Waals surface area (Å²) in [6, 6.07) is 3.31. The fourth-order valence-electron chi connectivity index (χ4n) is 1.82. The van der Waals surface area contributed by atoms with Gasteiger partial charge in [0, 0.05) is 26.1 Å². The van der Waals surface area contributed by atoms with Crippen LogP contribution in [-0.2, 0) is 11.3 Å². The molecular weight excluding hydrogens is 258 g/mol. The molecule has 20 heavy (non-hydrogen) atoms. The number of carbonyl (C=O) groups excluding carboxylic acids is 2. The molecule has 0 aromatic carbocycles. The van der Waals surface area contributed by atoms with Gasteiger partial charge in [-0.15, -0.1) is 0 Å². The molecule has 0 aliphatic rings. The second kappa shape index (κ2) is 9.01. The molecule has 1 rings (SSSR count). The number of rotatable bonds is 8. The molecule has 0 spiro atoms. The number of furan rings is 1. The number of carbonyl (C=O) groups is 2. The van der Waals surface area contributed by atoms with Gasteiger partial charge in [0.1, 0.15) is 5.76 Å². The molecule has 6 nitrogen and oxygen atoms in total. The highest BCUT2D eigenvalue weighted by molar-refractivity contribution is 5.76. The summed E-state index contributed by atoms with van der Waals surface area (Å²) in [5.74, 6) is 0.838. The van der Waals surface area contributed by atoms with E-state index in [0.29, 0.717) is 31.7 Å². The molecule has 0 atom stereocenters. The molecule has 112 valence electrons. The lowest BCUT2D eigenvalue weighted by Gasteiger charge is -2.18. The summed E-state index contributed by atoms with van der Waals surface area (Å²) in [6.07, 6.45) is 2.66. The van der Waals surface area contributed by atoms with Gasteiger partial charge >= 0.3 is 6.03 Å². The lowest BCUT2D eigenvalue weighted by Crippen LogP contribution is -2.36. The molecule has 1 aromatic heterocycles. The van der Waals surface area contributed by atoms with Crippen LogP contribution in [0, 0.1) is 0 Å². The average molecular weight is 281 g/mol. The molecule has 0 aliphatic heterocycles. The first-order valence-electron chi connectivity index (χ1n) is 6.99. The van der Waals surface area contributed by atoms with Crippen molar-refractivity contribution in [2.75, 3.05) is 19.6 Å². The second-order valence-electron chi connectivity index (χ2n) is 4.36. The third-order valence-electron chi connectivity index (χ3n) is 2.97. The highest BCUT2D eigenvalue weighted by atomic mass is 16.3. The summed E-state index contributed by atoms with van der Waals surface area (Å²) in [5, 5.41) is 5.39. The van der Waals surface area contributed by atoms with E-state index in [0.717, 1.165) is 13.1 Å². The van der Waals surface area contributed by atoms with Gasteiger partial charge in [0.2, 0.25) is 5.91 Å². The zero-order valence-electron chi connectivity index (χ0n) is 12.1. The first-order valence-corrected chi connectivity index (χ1v) is 6.99. The van der Waals surface area contributed by atoms with Crippen LogP contribution in [0.5, 0.6) is 0 Å². The van der Waals surface area contributed by atoms with Crippen LogP contribution in [-0.4, -0.2) is 36.5 Å². The van der Waals surface area contributed by atoms with E-state index in [2.05, 4.69) is 10.6 Å². The molecule has 0 fully saturated rings. The summed E-state index contributed by atoms with van der Waals surface area (Å²) in [7, 11) is 0. The van der Waals surface area contributed by atoms with E-state index in [1.807, 2.05) is 13.8 Å². The van der Waals surface area contributed by atoms with E-state index in [-0.39, 0.29) is 11.9 Å². The monoisotopic (exact) mass is 281 g/mol. The van der Waals surface area contributed by atoms with Gasteiger partial charge in [-0.25, -0.2) is 4.79 Å². The third kappa shape index (κ3) is 5.77. The van der Waals surface area contributed by atoms with E-state index in [9.17, 15) is 9.59 Å². The molecule has 0 unspecified atom stereocenters. The standard InChI is InChI=1S/C14H23N3O3/c1-3-17(4-2)13(18)8-5-9-15-14(19)16-11-12-7-6-10-20-12/h6-7,10H,3-5,8-9,11H2,1-2H3,(H2,15,16,19). The fourth-order valence-corrected chi connectivity index (χ4v) is 1.82. The largest absolute Gasteiger partial charge is 0.467 e. The summed E-state index contributed by atoms with van der Waals surface area (Å²) < 4.78 is 5.10. The van der Waals surface area contributed by atoms with Crippen molar-refractivity contribution in [2.24, 2.45) is 0 Å². The Bertz CT molecular complexity index is 400. The van der Waals surface area contributed by atoms with Gasteiger partial charge in [0.25, 0.3) is 0 Å². The van der Waals surface area contributed by atoms with Crippen LogP contribution < -0.4 is 10.6 Å². The van der Waals surface area contributed by atoms with Crippen LogP contribution in [0.4, 0.5) is 4.79 Å². The summed E-state index contributed by atoms with van der Waals surface area (Å²) in [4.78, 5) is 25.0. The van der Waals surface area contributed by atoms with Crippen LogP contribution in [0.2, 0.25) is 0 Å². The molecule has 3 amide bonds. The van der Waals surface area contributed by atoms with Crippen molar-refractivity contribution in [1.29, 1.82) is 0 Å². The molecule has 1 aromatic rings. The van der Waals surface area contributed by atoms with Crippen LogP contribution in [0.3, 0.4) is 0 Å². The van der Waals surface area contributed by atoms with E-state index < -0.39 is 0 Å². The normalized spacial score (nSPS) is 10.1. The Labute approximate surface area is 119 Å². The van der Waals surface area contributed by atoms with Crippen molar-refractivity contribution in [3.63, 3.8) is 0 Å². The Kier molecular flexibility index (Phi) is 7.24. The number of nitrogens with zero attached hydrogens (tertiary/aromatic N) is 1. The lowest BCUT2D eigenvalue weighted by atomic mass is 10.2. The fraction of sp³-hybridized carbons (Fsp3) is 0.571. The molecule has 0 aliphatic carbocycles. The topological polar surface area (TPSA) is 74.6 Å². The number of hydrogen-bond acceptors (Lipinski definition) is 3. The smallest absolute Gasteiger partial charge is 0.315 e. The van der Waals surface area contributed by atoms with E-state index in [4.69, 9.17) is 4.42 Å². The van der Waals surface area contributed by atoms with Crippen molar-refractivity contribution in [2.45, 2.75) is 33.2 Å². The van der Waals surface area contributed by atoms with Gasteiger partial charge < -0.3 is 20.0 Å². The maximum absolute atomic E-state index is 11.7. The van der Waals surface area contributed by atoms with Crippen LogP contribution in [0.25, 0.3) is 0 Å². The maximum Gasteiger partial charge on any atom is 0.315 e. The maximum atomic E-state index is 11.7. The Hall–Kier alpha value is -1.98. The van der Waals surface area contributed by atoms with Gasteiger partial charge in [0.05, 0.1) is 12.8 Å². The third-order valence-corrected chi connectivity index (χ3v) is 2.97. The van der Waals surface area contributed by atoms with Crippen molar-refractivity contribution < 1.29 is 14.0 Å². The summed E-state index contributed by atoms with van der Waals surface area (Å²) in [6.45, 7) is 6.22. The van der Waals surface area contributed by atoms with E-state index in [1.54, 1.807) is 23.3 Å². The number of amides is 3. The minimum atomic E-state index is -0.253. The minimum Gasteiger partial charge on any atom is -0.467 e. The Balaban J connectivity index is 2.08. The van der Waals surface area contributed by atoms with Crippen molar-refractivity contribution in [1.82, 2.24) is 15.5 Å². The Morgan fingerprint density at radius 3 is 2.60 bits per heavy atom. The van der Waals surface area contributed by atoms with Gasteiger partial charge in [-0.1, -0.05) is 0 Å². The molecule has 0 radical (unpaired) electrons. The van der Waals surface area contributed by atoms with E-state index >= 15 is 0 Å². The summed E-state index contributed by atoms with van der Waals surface area (Å²) >= 11 is 0. The lowest BCUT2D eigenvalue weighted by molar-refractivity contribution is -0.130. The number of urea groups is 1. The first kappa shape index (κ1) is 16.1. The van der Waals surface area contributed by atoms with Crippen molar-refractivity contribution in [3.8, 4) is 0 Å². The van der Waals surface area contributed by atoms with E-state index in [1.165, 1.54) is 0 Å². The van der Waals surface area contributed by atoms with Crippen molar-refractivity contribution >= 4 is 11.9 Å². The highest BCUT2D eigenvalue weighted by Crippen LogP contribution is 1.99. The molecule has 2 N–H and O–H groups in total. The quantitative estimate of drug-likeness (QED) is 0.713. The molecular formula is C14H23N3O3. The van der Waals surface area contributed by atoms with Crippen LogP contribution in [0.15, 0.2) is 22.8 Å². The van der Waals surface area contributed by atoms with Crippen molar-refractivity contribution in [3.05, 3.63) is 24.2 Å². The Morgan fingerprint density at radius 2 is 2.00 bits per heavy atom. The van der Waals surface area contributed by atoms with Gasteiger partial charge in [-0.2, -0.15) is 0 Å². The zero-order valence-corrected chi connectivity index (χ0v) is 12.1.